The van der Waals surface area contributed by atoms with Crippen LogP contribution in [0, 0.1) is 0 Å². The Bertz CT molecular complexity index is 496. The van der Waals surface area contributed by atoms with E-state index in [1.807, 2.05) is 37.4 Å². The lowest BCUT2D eigenvalue weighted by Gasteiger charge is -2.05. The van der Waals surface area contributed by atoms with Crippen molar-refractivity contribution in [1.82, 2.24) is 10.5 Å². The van der Waals surface area contributed by atoms with Gasteiger partial charge in [-0.1, -0.05) is 11.2 Å². The maximum Gasteiger partial charge on any atom is 0.174 e. The summed E-state index contributed by atoms with van der Waals surface area (Å²) >= 11 is 0. The third-order valence-corrected chi connectivity index (χ3v) is 2.39. The van der Waals surface area contributed by atoms with E-state index in [-0.39, 0.29) is 0 Å². The Morgan fingerprint density at radius 3 is 2.89 bits per heavy atom. The van der Waals surface area contributed by atoms with Gasteiger partial charge in [-0.15, -0.1) is 0 Å². The molecule has 1 aromatic carbocycles. The van der Waals surface area contributed by atoms with Crippen molar-refractivity contribution in [3.05, 3.63) is 41.8 Å². The molecule has 0 spiro atoms. The van der Waals surface area contributed by atoms with Crippen molar-refractivity contribution in [3.63, 3.8) is 0 Å². The molecule has 1 N–H and O–H groups in total. The van der Waals surface area contributed by atoms with Crippen LogP contribution < -0.4 is 14.8 Å². The van der Waals surface area contributed by atoms with E-state index in [1.54, 1.807) is 7.11 Å². The molecule has 18 heavy (non-hydrogen) atoms. The van der Waals surface area contributed by atoms with E-state index >= 15 is 0 Å². The highest BCUT2D eigenvalue weighted by molar-refractivity contribution is 5.32. The summed E-state index contributed by atoms with van der Waals surface area (Å²) in [6.45, 7) is 1.03. The van der Waals surface area contributed by atoms with Gasteiger partial charge < -0.3 is 19.3 Å². The quantitative estimate of drug-likeness (QED) is 0.847. The zero-order valence-electron chi connectivity index (χ0n) is 10.5. The second-order valence-electron chi connectivity index (χ2n) is 3.78. The number of nitrogens with one attached hydrogen (secondary N) is 1. The van der Waals surface area contributed by atoms with Gasteiger partial charge in [0.2, 0.25) is 0 Å². The van der Waals surface area contributed by atoms with Crippen molar-refractivity contribution in [1.29, 1.82) is 0 Å². The van der Waals surface area contributed by atoms with Crippen LogP contribution in [0.25, 0.3) is 0 Å². The lowest BCUT2D eigenvalue weighted by molar-refractivity contribution is 0.247. The molecule has 0 bridgehead atoms. The Morgan fingerprint density at radius 1 is 1.28 bits per heavy atom. The van der Waals surface area contributed by atoms with E-state index in [4.69, 9.17) is 14.0 Å². The number of benzene rings is 1. The molecule has 5 heteroatoms. The molecule has 5 nitrogen and oxygen atoms in total. The van der Waals surface area contributed by atoms with Gasteiger partial charge in [0.25, 0.3) is 0 Å². The van der Waals surface area contributed by atoms with Gasteiger partial charge in [-0.05, 0) is 19.2 Å². The molecular formula is C13H16N2O3. The maximum atomic E-state index is 5.59. The van der Waals surface area contributed by atoms with Crippen LogP contribution in [0.1, 0.15) is 11.5 Å². The minimum Gasteiger partial charge on any atom is -0.497 e. The lowest BCUT2D eigenvalue weighted by Crippen LogP contribution is -2.04. The number of hydrogen-bond acceptors (Lipinski definition) is 5. The Labute approximate surface area is 106 Å². The van der Waals surface area contributed by atoms with Crippen LogP contribution >= 0.6 is 0 Å². The summed E-state index contributed by atoms with van der Waals surface area (Å²) < 4.78 is 15.9. The molecule has 0 unspecified atom stereocenters. The average molecular weight is 248 g/mol. The molecule has 0 saturated heterocycles. The van der Waals surface area contributed by atoms with Crippen molar-refractivity contribution < 1.29 is 14.0 Å². The largest absolute Gasteiger partial charge is 0.497 e. The van der Waals surface area contributed by atoms with Crippen molar-refractivity contribution in [3.8, 4) is 11.5 Å². The van der Waals surface area contributed by atoms with Crippen LogP contribution in [0.4, 0.5) is 0 Å². The minimum atomic E-state index is 0.351. The number of methoxy groups -OCH3 is 1. The average Bonchev–Trinajstić information content (AvgIpc) is 2.85. The first-order chi connectivity index (χ1) is 8.81. The second kappa shape index (κ2) is 6.07. The van der Waals surface area contributed by atoms with E-state index < -0.39 is 0 Å². The first kappa shape index (κ1) is 12.4. The molecule has 1 aromatic heterocycles. The Hall–Kier alpha value is -2.01. The van der Waals surface area contributed by atoms with E-state index in [0.29, 0.717) is 18.9 Å². The number of aromatic nitrogens is 1. The molecule has 0 aliphatic heterocycles. The molecule has 0 aliphatic rings. The highest BCUT2D eigenvalue weighted by Crippen LogP contribution is 2.20. The zero-order valence-corrected chi connectivity index (χ0v) is 10.5. The fourth-order valence-corrected chi connectivity index (χ4v) is 1.53. The summed E-state index contributed by atoms with van der Waals surface area (Å²) in [7, 11) is 3.49. The molecular weight excluding hydrogens is 232 g/mol. The minimum absolute atomic E-state index is 0.351. The van der Waals surface area contributed by atoms with Gasteiger partial charge in [0, 0.05) is 18.7 Å². The molecule has 0 aliphatic carbocycles. The number of nitrogens with zero attached hydrogens (tertiary/aromatic N) is 1. The molecule has 0 fully saturated rings. The third-order valence-electron chi connectivity index (χ3n) is 2.39. The normalized spacial score (nSPS) is 10.3. The van der Waals surface area contributed by atoms with Crippen LogP contribution in [0.5, 0.6) is 11.5 Å². The smallest absolute Gasteiger partial charge is 0.174 e. The number of rotatable bonds is 6. The zero-order chi connectivity index (χ0) is 12.8. The van der Waals surface area contributed by atoms with E-state index in [9.17, 15) is 0 Å². The van der Waals surface area contributed by atoms with Crippen LogP contribution in [-0.4, -0.2) is 19.3 Å². The lowest BCUT2D eigenvalue weighted by atomic mass is 10.3. The summed E-state index contributed by atoms with van der Waals surface area (Å²) in [6, 6.07) is 9.31. The third kappa shape index (κ3) is 3.24. The van der Waals surface area contributed by atoms with Crippen LogP contribution in [0.3, 0.4) is 0 Å². The fraction of sp³-hybridized carbons (Fsp3) is 0.308. The van der Waals surface area contributed by atoms with E-state index in [0.717, 1.165) is 17.2 Å². The Kier molecular flexibility index (Phi) is 4.20. The molecule has 0 radical (unpaired) electrons. The van der Waals surface area contributed by atoms with Crippen molar-refractivity contribution in [2.45, 2.75) is 13.2 Å². The maximum absolute atomic E-state index is 5.59. The van der Waals surface area contributed by atoms with Gasteiger partial charge in [0.15, 0.2) is 5.76 Å². The predicted molar refractivity (Wildman–Crippen MR) is 66.6 cm³/mol. The SMILES string of the molecule is CNCc1cc(COc2cccc(OC)c2)on1. The second-order valence-corrected chi connectivity index (χ2v) is 3.78. The summed E-state index contributed by atoms with van der Waals surface area (Å²) in [5.41, 5.74) is 0.863. The van der Waals surface area contributed by atoms with Gasteiger partial charge in [-0.2, -0.15) is 0 Å². The van der Waals surface area contributed by atoms with Crippen LogP contribution in [0.2, 0.25) is 0 Å². The summed E-state index contributed by atoms with van der Waals surface area (Å²) in [6.07, 6.45) is 0. The van der Waals surface area contributed by atoms with Gasteiger partial charge >= 0.3 is 0 Å². The molecule has 1 heterocycles. The van der Waals surface area contributed by atoms with Crippen LogP contribution in [-0.2, 0) is 13.2 Å². The Balaban J connectivity index is 1.93. The molecule has 2 rings (SSSR count). The molecule has 2 aromatic rings. The van der Waals surface area contributed by atoms with Gasteiger partial charge in [-0.3, -0.25) is 0 Å². The van der Waals surface area contributed by atoms with Crippen molar-refractivity contribution >= 4 is 0 Å². The topological polar surface area (TPSA) is 56.5 Å². The van der Waals surface area contributed by atoms with Gasteiger partial charge in [-0.25, -0.2) is 0 Å². The molecule has 0 atom stereocenters. The van der Waals surface area contributed by atoms with Gasteiger partial charge in [0.05, 0.1) is 12.8 Å². The predicted octanol–water partition coefficient (Wildman–Crippen LogP) is 1.98. The first-order valence-corrected chi connectivity index (χ1v) is 5.67. The summed E-state index contributed by atoms with van der Waals surface area (Å²) in [4.78, 5) is 0. The molecule has 0 saturated carbocycles. The summed E-state index contributed by atoms with van der Waals surface area (Å²) in [5.74, 6) is 2.20. The standard InChI is InChI=1S/C13H16N2O3/c1-14-8-10-6-13(18-15-10)9-17-12-5-3-4-11(7-12)16-2/h3-7,14H,8-9H2,1-2H3. The highest BCUT2D eigenvalue weighted by Gasteiger charge is 2.04. The number of hydrogen-bond donors (Lipinski definition) is 1. The molecule has 0 amide bonds. The number of ether oxygens (including phenoxy) is 2. The van der Waals surface area contributed by atoms with E-state index in [1.165, 1.54) is 0 Å². The Morgan fingerprint density at radius 2 is 2.11 bits per heavy atom. The van der Waals surface area contributed by atoms with E-state index in [2.05, 4.69) is 10.5 Å². The first-order valence-electron chi connectivity index (χ1n) is 5.67. The monoisotopic (exact) mass is 248 g/mol. The molecule has 96 valence electrons. The van der Waals surface area contributed by atoms with Crippen molar-refractivity contribution in [2.24, 2.45) is 0 Å². The fourth-order valence-electron chi connectivity index (χ4n) is 1.53. The van der Waals surface area contributed by atoms with Gasteiger partial charge in [0.1, 0.15) is 18.1 Å². The highest BCUT2D eigenvalue weighted by atomic mass is 16.5. The van der Waals surface area contributed by atoms with Crippen LogP contribution in [0.15, 0.2) is 34.9 Å². The summed E-state index contributed by atoms with van der Waals surface area (Å²) in [5, 5.41) is 6.92. The van der Waals surface area contributed by atoms with Crippen molar-refractivity contribution in [2.75, 3.05) is 14.2 Å².